The van der Waals surface area contributed by atoms with Gasteiger partial charge in [-0.05, 0) is 51.5 Å². The molecule has 2 aromatic rings. The molecule has 138 valence electrons. The second kappa shape index (κ2) is 10.2. The first-order valence-electron chi connectivity index (χ1n) is 8.68. The Morgan fingerprint density at radius 1 is 1.12 bits per heavy atom. The zero-order valence-electron chi connectivity index (χ0n) is 15.4. The Hall–Kier alpha value is -2.07. The highest BCUT2D eigenvalue weighted by atomic mass is 32.2. The summed E-state index contributed by atoms with van der Waals surface area (Å²) in [5, 5.41) is -0.190. The number of benzene rings is 2. The van der Waals surface area contributed by atoms with Crippen molar-refractivity contribution in [1.29, 1.82) is 0 Å². The number of hydrogen-bond acceptors (Lipinski definition) is 3. The lowest BCUT2D eigenvalue weighted by atomic mass is 10.1. The maximum Gasteiger partial charge on any atom is 0.338 e. The van der Waals surface area contributed by atoms with Gasteiger partial charge < -0.3 is 4.74 Å². The number of rotatable bonds is 8. The lowest BCUT2D eigenvalue weighted by molar-refractivity contribution is 0.0236. The van der Waals surface area contributed by atoms with E-state index in [1.54, 1.807) is 36.0 Å². The van der Waals surface area contributed by atoms with Crippen LogP contribution in [0.1, 0.15) is 36.2 Å². The normalized spacial score (nSPS) is 12.9. The number of ether oxygens (including phenoxy) is 1. The van der Waals surface area contributed by atoms with Crippen molar-refractivity contribution in [1.82, 2.24) is 0 Å². The molecule has 0 aliphatic carbocycles. The fraction of sp³-hybridized carbons (Fsp3) is 0.318. The fourth-order valence-electron chi connectivity index (χ4n) is 2.41. The lowest BCUT2D eigenvalue weighted by Crippen LogP contribution is -2.31. The first-order valence-corrected chi connectivity index (χ1v) is 9.56. The topological polar surface area (TPSA) is 26.3 Å². The number of hydrogen-bond donors (Lipinski definition) is 0. The second-order valence-electron chi connectivity index (χ2n) is 6.45. The molecule has 2 aromatic carbocycles. The van der Waals surface area contributed by atoms with Crippen molar-refractivity contribution in [2.45, 2.75) is 43.4 Å². The van der Waals surface area contributed by atoms with E-state index in [2.05, 4.69) is 6.08 Å². The van der Waals surface area contributed by atoms with Crippen LogP contribution in [0.5, 0.6) is 0 Å². The highest BCUT2D eigenvalue weighted by Gasteiger charge is 2.26. The van der Waals surface area contributed by atoms with Crippen molar-refractivity contribution in [2.75, 3.05) is 6.67 Å². The number of alkyl halides is 1. The molecular formula is C22H25FO2S. The van der Waals surface area contributed by atoms with Crippen LogP contribution >= 0.6 is 11.8 Å². The van der Waals surface area contributed by atoms with Crippen molar-refractivity contribution in [2.24, 2.45) is 0 Å². The summed E-state index contributed by atoms with van der Waals surface area (Å²) >= 11 is 1.55. The van der Waals surface area contributed by atoms with Crippen LogP contribution in [0.15, 0.2) is 71.1 Å². The van der Waals surface area contributed by atoms with Gasteiger partial charge >= 0.3 is 5.97 Å². The van der Waals surface area contributed by atoms with Crippen molar-refractivity contribution in [3.63, 3.8) is 0 Å². The molecule has 0 heterocycles. The smallest absolute Gasteiger partial charge is 0.338 e. The largest absolute Gasteiger partial charge is 0.455 e. The Kier molecular flexibility index (Phi) is 7.92. The van der Waals surface area contributed by atoms with E-state index in [1.807, 2.05) is 51.1 Å². The highest BCUT2D eigenvalue weighted by molar-refractivity contribution is 8.00. The predicted octanol–water partition coefficient (Wildman–Crippen LogP) is 6.01. The number of thioether (sulfide) groups is 1. The molecule has 0 amide bonds. The Labute approximate surface area is 159 Å². The molecule has 26 heavy (non-hydrogen) atoms. The quantitative estimate of drug-likeness (QED) is 0.323. The summed E-state index contributed by atoms with van der Waals surface area (Å²) in [5.74, 6) is -0.486. The molecule has 0 radical (unpaired) electrons. The maximum atomic E-state index is 13.8. The third kappa shape index (κ3) is 6.34. The molecular weight excluding hydrogens is 347 g/mol. The number of allylic oxidation sites excluding steroid dienone is 2. The van der Waals surface area contributed by atoms with Gasteiger partial charge in [0.2, 0.25) is 0 Å². The van der Waals surface area contributed by atoms with Crippen LogP contribution in [0.3, 0.4) is 0 Å². The van der Waals surface area contributed by atoms with Gasteiger partial charge in [0.15, 0.2) is 0 Å². The summed E-state index contributed by atoms with van der Waals surface area (Å²) in [6.45, 7) is 5.34. The third-order valence-electron chi connectivity index (χ3n) is 3.90. The minimum absolute atomic E-state index is 0.190. The molecule has 0 bridgehead atoms. The number of carbonyl (C=O) groups is 1. The third-order valence-corrected chi connectivity index (χ3v) is 5.24. The molecule has 2 rings (SSSR count). The molecule has 2 nitrogen and oxygen atoms in total. The van der Waals surface area contributed by atoms with E-state index in [0.29, 0.717) is 12.0 Å². The van der Waals surface area contributed by atoms with Crippen LogP contribution < -0.4 is 0 Å². The van der Waals surface area contributed by atoms with Gasteiger partial charge in [-0.1, -0.05) is 47.5 Å². The minimum atomic E-state index is -0.801. The van der Waals surface area contributed by atoms with E-state index in [0.717, 1.165) is 10.5 Å². The minimum Gasteiger partial charge on any atom is -0.455 e. The van der Waals surface area contributed by atoms with E-state index < -0.39 is 18.7 Å². The molecule has 0 N–H and O–H groups in total. The Morgan fingerprint density at radius 3 is 2.35 bits per heavy atom. The summed E-state index contributed by atoms with van der Waals surface area (Å²) in [7, 11) is 0. The average Bonchev–Trinajstić information content (AvgIpc) is 2.65. The van der Waals surface area contributed by atoms with Crippen molar-refractivity contribution in [3.05, 3.63) is 77.4 Å². The van der Waals surface area contributed by atoms with E-state index in [4.69, 9.17) is 4.74 Å². The SMILES string of the molecule is CC(C)=CC[C@H](Sc1ccc(C)cc1)[C@@H](CF)OC(=O)c1ccccc1. The molecule has 2 atom stereocenters. The molecule has 0 aliphatic rings. The molecule has 0 saturated carbocycles. The van der Waals surface area contributed by atoms with Gasteiger partial charge in [0.1, 0.15) is 12.8 Å². The Balaban J connectivity index is 2.15. The van der Waals surface area contributed by atoms with Crippen LogP contribution in [0, 0.1) is 6.92 Å². The van der Waals surface area contributed by atoms with Crippen molar-refractivity contribution in [3.8, 4) is 0 Å². The predicted molar refractivity (Wildman–Crippen MR) is 106 cm³/mol. The zero-order valence-corrected chi connectivity index (χ0v) is 16.3. The monoisotopic (exact) mass is 372 g/mol. The van der Waals surface area contributed by atoms with Crippen molar-refractivity contribution >= 4 is 17.7 Å². The number of esters is 1. The Bertz CT molecular complexity index is 722. The zero-order chi connectivity index (χ0) is 18.9. The van der Waals surface area contributed by atoms with Gasteiger partial charge in [0.25, 0.3) is 0 Å². The lowest BCUT2D eigenvalue weighted by Gasteiger charge is -2.24. The van der Waals surface area contributed by atoms with Gasteiger partial charge in [0.05, 0.1) is 10.8 Å². The molecule has 4 heteroatoms. The number of carbonyl (C=O) groups excluding carboxylic acids is 1. The van der Waals surface area contributed by atoms with E-state index in [1.165, 1.54) is 5.56 Å². The molecule has 0 aromatic heterocycles. The van der Waals surface area contributed by atoms with Gasteiger partial charge in [-0.25, -0.2) is 9.18 Å². The van der Waals surface area contributed by atoms with Crippen LogP contribution in [-0.2, 0) is 4.74 Å². The standard InChI is InChI=1S/C22H25FO2S/c1-16(2)9-14-21(26-19-12-10-17(3)11-13-19)20(15-23)25-22(24)18-7-5-4-6-8-18/h4-13,20-21H,14-15H2,1-3H3/t20-,21+/m1/s1. The number of aryl methyl sites for hydroxylation is 1. The van der Waals surface area contributed by atoms with E-state index in [9.17, 15) is 9.18 Å². The summed E-state index contributed by atoms with van der Waals surface area (Å²) in [6.07, 6.45) is 1.90. The highest BCUT2D eigenvalue weighted by Crippen LogP contribution is 2.30. The first kappa shape index (κ1) is 20.2. The van der Waals surface area contributed by atoms with E-state index in [-0.39, 0.29) is 5.25 Å². The molecule has 0 unspecified atom stereocenters. The van der Waals surface area contributed by atoms with Crippen LogP contribution in [0.25, 0.3) is 0 Å². The molecule has 0 aliphatic heterocycles. The summed E-state index contributed by atoms with van der Waals surface area (Å²) in [6, 6.07) is 16.8. The van der Waals surface area contributed by atoms with Crippen LogP contribution in [0.4, 0.5) is 4.39 Å². The van der Waals surface area contributed by atoms with Gasteiger partial charge in [-0.2, -0.15) is 0 Å². The summed E-state index contributed by atoms with van der Waals surface area (Å²) in [4.78, 5) is 13.4. The first-order chi connectivity index (χ1) is 12.5. The fourth-order valence-corrected chi connectivity index (χ4v) is 3.52. The summed E-state index contributed by atoms with van der Waals surface area (Å²) < 4.78 is 19.3. The molecule has 0 spiro atoms. The summed E-state index contributed by atoms with van der Waals surface area (Å²) in [5.41, 5.74) is 2.77. The average molecular weight is 373 g/mol. The van der Waals surface area contributed by atoms with Gasteiger partial charge in [0, 0.05) is 4.90 Å². The van der Waals surface area contributed by atoms with Crippen molar-refractivity contribution < 1.29 is 13.9 Å². The number of halogens is 1. The van der Waals surface area contributed by atoms with Crippen LogP contribution in [0.2, 0.25) is 0 Å². The van der Waals surface area contributed by atoms with Gasteiger partial charge in [-0.15, -0.1) is 11.8 Å². The molecule has 0 fully saturated rings. The second-order valence-corrected chi connectivity index (χ2v) is 7.76. The van der Waals surface area contributed by atoms with E-state index >= 15 is 0 Å². The Morgan fingerprint density at radius 2 is 1.77 bits per heavy atom. The van der Waals surface area contributed by atoms with Crippen LogP contribution in [-0.4, -0.2) is 24.0 Å². The molecule has 0 saturated heterocycles. The van der Waals surface area contributed by atoms with Gasteiger partial charge in [-0.3, -0.25) is 0 Å². The maximum absolute atomic E-state index is 13.8.